The van der Waals surface area contributed by atoms with Crippen LogP contribution in [0.4, 0.5) is 0 Å². The average molecular weight is 727 g/mol. The van der Waals surface area contributed by atoms with Gasteiger partial charge in [0.25, 0.3) is 0 Å². The molecule has 0 bridgehead atoms. The minimum atomic E-state index is -1.05. The minimum absolute atomic E-state index is 0.0614. The zero-order valence-corrected chi connectivity index (χ0v) is 32.9. The van der Waals surface area contributed by atoms with E-state index in [0.717, 1.165) is 103 Å². The van der Waals surface area contributed by atoms with Crippen LogP contribution in [0.5, 0.6) is 0 Å². The Bertz CT molecular complexity index is 838. The highest BCUT2D eigenvalue weighted by molar-refractivity contribution is 5.79. The monoisotopic (exact) mass is 727 g/mol. The Morgan fingerprint density at radius 1 is 0.471 bits per heavy atom. The number of carbonyl (C=O) groups excluding carboxylic acids is 5. The molecule has 0 heterocycles. The van der Waals surface area contributed by atoms with Crippen LogP contribution in [0, 0.1) is 0 Å². The lowest BCUT2D eigenvalue weighted by Gasteiger charge is -2.34. The molecular formula is C40H74N2O9. The number of ketones is 2. The number of methoxy groups -OCH3 is 1. The van der Waals surface area contributed by atoms with Gasteiger partial charge in [-0.1, -0.05) is 91.4 Å². The SMILES string of the molecule is CCCCCC(=O)CCOCC(COCCC(=O)CCCCC)(COCCC(=O)NCCCC)NC(=O)CCCCCCCCCCC(=O)OC. The van der Waals surface area contributed by atoms with Gasteiger partial charge in [-0.3, -0.25) is 24.0 Å². The number of carbonyl (C=O) groups is 5. The third-order valence-corrected chi connectivity index (χ3v) is 8.80. The second-order valence-electron chi connectivity index (χ2n) is 13.8. The highest BCUT2D eigenvalue weighted by Crippen LogP contribution is 2.15. The fraction of sp³-hybridized carbons (Fsp3) is 0.875. The van der Waals surface area contributed by atoms with Crippen LogP contribution < -0.4 is 10.6 Å². The van der Waals surface area contributed by atoms with E-state index in [2.05, 4.69) is 36.1 Å². The second-order valence-corrected chi connectivity index (χ2v) is 13.8. The summed E-state index contributed by atoms with van der Waals surface area (Å²) in [5.41, 5.74) is -1.05. The fourth-order valence-electron chi connectivity index (χ4n) is 5.54. The van der Waals surface area contributed by atoms with Gasteiger partial charge < -0.3 is 29.6 Å². The van der Waals surface area contributed by atoms with E-state index < -0.39 is 5.54 Å². The molecule has 0 aliphatic heterocycles. The number of unbranched alkanes of at least 4 members (excludes halogenated alkanes) is 12. The van der Waals surface area contributed by atoms with Crippen LogP contribution in [-0.4, -0.2) is 88.2 Å². The first kappa shape index (κ1) is 48.6. The summed E-state index contributed by atoms with van der Waals surface area (Å²) in [6, 6.07) is 0. The summed E-state index contributed by atoms with van der Waals surface area (Å²) in [5.74, 6) is -0.0787. The maximum absolute atomic E-state index is 13.3. The van der Waals surface area contributed by atoms with Crippen LogP contribution in [0.25, 0.3) is 0 Å². The Balaban J connectivity index is 5.26. The standard InChI is InChI=1S/C40H74N2O9/c1-5-8-17-21-35(43)25-29-49-32-40(33-50-30-26-36(44)22-18-9-6-2,34-51-31-27-37(45)41-28-10-7-3)42-38(46)23-19-15-13-11-12-14-16-20-24-39(47)48-4/h5-34H2,1-4H3,(H,41,45)(H,42,46). The molecule has 0 aromatic carbocycles. The van der Waals surface area contributed by atoms with Crippen molar-refractivity contribution in [1.29, 1.82) is 0 Å². The molecule has 11 heteroatoms. The van der Waals surface area contributed by atoms with Crippen LogP contribution in [0.3, 0.4) is 0 Å². The van der Waals surface area contributed by atoms with Gasteiger partial charge in [0.1, 0.15) is 17.1 Å². The molecule has 0 saturated heterocycles. The van der Waals surface area contributed by atoms with Crippen LogP contribution in [0.1, 0.15) is 168 Å². The number of Topliss-reactive ketones (excluding diaryl/α,β-unsaturated/α-hetero) is 2. The predicted molar refractivity (Wildman–Crippen MR) is 202 cm³/mol. The van der Waals surface area contributed by atoms with Crippen LogP contribution in [0.15, 0.2) is 0 Å². The quantitative estimate of drug-likeness (QED) is 0.0493. The molecule has 2 amide bonds. The molecule has 0 unspecified atom stereocenters. The molecule has 0 saturated carbocycles. The van der Waals surface area contributed by atoms with Crippen molar-refractivity contribution in [2.75, 3.05) is 53.3 Å². The lowest BCUT2D eigenvalue weighted by Crippen LogP contribution is -2.58. The van der Waals surface area contributed by atoms with Crippen molar-refractivity contribution in [3.05, 3.63) is 0 Å². The molecule has 0 radical (unpaired) electrons. The maximum Gasteiger partial charge on any atom is 0.305 e. The molecule has 2 N–H and O–H groups in total. The van der Waals surface area contributed by atoms with Crippen molar-refractivity contribution >= 4 is 29.4 Å². The second kappa shape index (κ2) is 34.7. The van der Waals surface area contributed by atoms with E-state index in [0.29, 0.717) is 45.1 Å². The van der Waals surface area contributed by atoms with Gasteiger partial charge in [-0.2, -0.15) is 0 Å². The van der Waals surface area contributed by atoms with E-state index in [1.807, 2.05) is 0 Å². The molecule has 0 atom stereocenters. The summed E-state index contributed by atoms with van der Waals surface area (Å²) in [7, 11) is 1.41. The van der Waals surface area contributed by atoms with Gasteiger partial charge in [0.15, 0.2) is 0 Å². The van der Waals surface area contributed by atoms with Crippen molar-refractivity contribution in [1.82, 2.24) is 10.6 Å². The molecule has 11 nitrogen and oxygen atoms in total. The molecular weight excluding hydrogens is 652 g/mol. The summed E-state index contributed by atoms with van der Waals surface area (Å²) in [6.07, 6.45) is 18.3. The lowest BCUT2D eigenvalue weighted by atomic mass is 10.0. The van der Waals surface area contributed by atoms with Crippen molar-refractivity contribution in [2.45, 2.75) is 174 Å². The first-order valence-electron chi connectivity index (χ1n) is 20.1. The molecule has 0 aliphatic rings. The van der Waals surface area contributed by atoms with Crippen molar-refractivity contribution < 1.29 is 42.9 Å². The van der Waals surface area contributed by atoms with Gasteiger partial charge in [-0.25, -0.2) is 0 Å². The van der Waals surface area contributed by atoms with Gasteiger partial charge in [0.05, 0.1) is 46.8 Å². The average Bonchev–Trinajstić information content (AvgIpc) is 3.11. The molecule has 0 rings (SSSR count). The molecule has 51 heavy (non-hydrogen) atoms. The maximum atomic E-state index is 13.3. The van der Waals surface area contributed by atoms with E-state index in [1.165, 1.54) is 7.11 Å². The summed E-state index contributed by atoms with van der Waals surface area (Å²) in [5, 5.41) is 6.03. The largest absolute Gasteiger partial charge is 0.469 e. The smallest absolute Gasteiger partial charge is 0.305 e. The zero-order valence-electron chi connectivity index (χ0n) is 32.9. The summed E-state index contributed by atoms with van der Waals surface area (Å²) in [6.45, 7) is 7.73. The number of ether oxygens (including phenoxy) is 4. The van der Waals surface area contributed by atoms with Crippen LogP contribution in [-0.2, 0) is 42.9 Å². The first-order chi connectivity index (χ1) is 24.7. The van der Waals surface area contributed by atoms with Gasteiger partial charge in [0.2, 0.25) is 11.8 Å². The highest BCUT2D eigenvalue weighted by atomic mass is 16.5. The number of nitrogens with one attached hydrogen (secondary N) is 2. The Morgan fingerprint density at radius 2 is 0.902 bits per heavy atom. The third-order valence-electron chi connectivity index (χ3n) is 8.80. The zero-order chi connectivity index (χ0) is 37.8. The van der Waals surface area contributed by atoms with E-state index in [1.54, 1.807) is 0 Å². The Kier molecular flexibility index (Phi) is 33.1. The predicted octanol–water partition coefficient (Wildman–Crippen LogP) is 7.35. The first-order valence-corrected chi connectivity index (χ1v) is 20.1. The summed E-state index contributed by atoms with van der Waals surface area (Å²) >= 11 is 0. The summed E-state index contributed by atoms with van der Waals surface area (Å²) in [4.78, 5) is 61.6. The van der Waals surface area contributed by atoms with Crippen molar-refractivity contribution in [3.63, 3.8) is 0 Å². The molecule has 0 spiro atoms. The van der Waals surface area contributed by atoms with Crippen molar-refractivity contribution in [2.24, 2.45) is 0 Å². The molecule has 298 valence electrons. The normalized spacial score (nSPS) is 11.4. The number of amides is 2. The molecule has 0 fully saturated rings. The van der Waals surface area contributed by atoms with Crippen LogP contribution >= 0.6 is 0 Å². The Morgan fingerprint density at radius 3 is 1.37 bits per heavy atom. The topological polar surface area (TPSA) is 146 Å². The van der Waals surface area contributed by atoms with E-state index >= 15 is 0 Å². The highest BCUT2D eigenvalue weighted by Gasteiger charge is 2.34. The molecule has 0 aliphatic carbocycles. The third kappa shape index (κ3) is 30.9. The van der Waals surface area contributed by atoms with E-state index in [9.17, 15) is 24.0 Å². The minimum Gasteiger partial charge on any atom is -0.469 e. The van der Waals surface area contributed by atoms with Gasteiger partial charge in [-0.05, 0) is 32.1 Å². The van der Waals surface area contributed by atoms with E-state index in [4.69, 9.17) is 14.2 Å². The fourth-order valence-corrected chi connectivity index (χ4v) is 5.54. The van der Waals surface area contributed by atoms with E-state index in [-0.39, 0.29) is 75.4 Å². The number of rotatable bonds is 38. The van der Waals surface area contributed by atoms with Gasteiger partial charge in [-0.15, -0.1) is 0 Å². The van der Waals surface area contributed by atoms with Gasteiger partial charge in [0, 0.05) is 51.5 Å². The molecule has 0 aromatic rings. The van der Waals surface area contributed by atoms with Crippen molar-refractivity contribution in [3.8, 4) is 0 Å². The summed E-state index contributed by atoms with van der Waals surface area (Å²) < 4.78 is 22.7. The number of hydrogen-bond donors (Lipinski definition) is 2. The Hall–Kier alpha value is -2.37. The van der Waals surface area contributed by atoms with Crippen LogP contribution in [0.2, 0.25) is 0 Å². The molecule has 0 aromatic heterocycles. The Labute approximate surface area is 309 Å². The lowest BCUT2D eigenvalue weighted by molar-refractivity contribution is -0.140. The number of hydrogen-bond acceptors (Lipinski definition) is 9. The van der Waals surface area contributed by atoms with Gasteiger partial charge >= 0.3 is 5.97 Å². The number of esters is 1.